The van der Waals surface area contributed by atoms with Crippen molar-refractivity contribution in [1.29, 1.82) is 0 Å². The lowest BCUT2D eigenvalue weighted by Gasteiger charge is -2.24. The average molecular weight is 410 g/mol. The highest BCUT2D eigenvalue weighted by Crippen LogP contribution is 2.30. The largest absolute Gasteiger partial charge is 0.335 e. The number of aromatic nitrogens is 3. The molecule has 1 aromatic heterocycles. The van der Waals surface area contributed by atoms with Crippen LogP contribution in [0.25, 0.3) is 17.1 Å². The third-order valence-electron chi connectivity index (χ3n) is 5.37. The zero-order valence-electron chi connectivity index (χ0n) is 16.7. The first-order valence-electron chi connectivity index (χ1n) is 10.3. The van der Waals surface area contributed by atoms with Crippen LogP contribution in [0.4, 0.5) is 8.78 Å². The molecule has 0 atom stereocenters. The predicted octanol–water partition coefficient (Wildman–Crippen LogP) is 5.16. The van der Waals surface area contributed by atoms with E-state index < -0.39 is 6.43 Å². The van der Waals surface area contributed by atoms with Crippen molar-refractivity contribution in [3.63, 3.8) is 0 Å². The number of rotatable bonds is 5. The molecule has 7 heteroatoms. The van der Waals surface area contributed by atoms with Crippen LogP contribution in [0, 0.1) is 0 Å². The fourth-order valence-corrected chi connectivity index (χ4v) is 3.78. The van der Waals surface area contributed by atoms with Crippen molar-refractivity contribution in [3.05, 3.63) is 66.0 Å². The maximum absolute atomic E-state index is 13.5. The summed E-state index contributed by atoms with van der Waals surface area (Å²) in [6.45, 7) is 0.973. The van der Waals surface area contributed by atoms with Crippen LogP contribution < -0.4 is 0 Å². The number of halogens is 2. The van der Waals surface area contributed by atoms with Gasteiger partial charge in [-0.15, -0.1) is 5.10 Å². The van der Waals surface area contributed by atoms with Crippen molar-refractivity contribution < 1.29 is 13.6 Å². The average Bonchev–Trinajstić information content (AvgIpc) is 3.18. The predicted molar refractivity (Wildman–Crippen MR) is 110 cm³/mol. The van der Waals surface area contributed by atoms with Gasteiger partial charge in [-0.25, -0.2) is 18.4 Å². The molecule has 1 saturated heterocycles. The molecule has 1 aliphatic heterocycles. The molecule has 2 heterocycles. The molecular formula is C23H24F2N4O. The van der Waals surface area contributed by atoms with Crippen molar-refractivity contribution in [1.82, 2.24) is 19.7 Å². The molecule has 0 spiro atoms. The molecular weight excluding hydrogens is 386 g/mol. The summed E-state index contributed by atoms with van der Waals surface area (Å²) in [6, 6.07) is 15.7. The van der Waals surface area contributed by atoms with Crippen molar-refractivity contribution in [2.45, 2.75) is 45.1 Å². The lowest BCUT2D eigenvalue weighted by atomic mass is 10.1. The van der Waals surface area contributed by atoms with Crippen molar-refractivity contribution in [3.8, 4) is 17.1 Å². The van der Waals surface area contributed by atoms with Gasteiger partial charge in [0.15, 0.2) is 11.6 Å². The molecule has 1 aliphatic rings. The van der Waals surface area contributed by atoms with Crippen LogP contribution in [0.2, 0.25) is 0 Å². The minimum Gasteiger partial charge on any atom is -0.335 e. The second-order valence-corrected chi connectivity index (χ2v) is 7.47. The molecule has 0 radical (unpaired) electrons. The van der Waals surface area contributed by atoms with Gasteiger partial charge in [-0.05, 0) is 25.0 Å². The SMILES string of the molecule is O=C1CCCCCCN1Cc1nc(-c2ccccc2C(F)F)nn1-c1ccccc1. The van der Waals surface area contributed by atoms with E-state index in [1.54, 1.807) is 22.9 Å². The van der Waals surface area contributed by atoms with Gasteiger partial charge in [0.2, 0.25) is 5.91 Å². The van der Waals surface area contributed by atoms with Gasteiger partial charge in [0.1, 0.15) is 0 Å². The molecule has 4 rings (SSSR count). The quantitative estimate of drug-likeness (QED) is 0.583. The van der Waals surface area contributed by atoms with Gasteiger partial charge in [0.05, 0.1) is 12.2 Å². The van der Waals surface area contributed by atoms with Gasteiger partial charge in [-0.1, -0.05) is 55.3 Å². The molecule has 5 nitrogen and oxygen atoms in total. The number of carbonyl (C=O) groups is 1. The van der Waals surface area contributed by atoms with Crippen LogP contribution in [-0.4, -0.2) is 32.1 Å². The Morgan fingerprint density at radius 2 is 1.67 bits per heavy atom. The summed E-state index contributed by atoms with van der Waals surface area (Å²) in [7, 11) is 0. The van der Waals surface area contributed by atoms with Crippen LogP contribution in [0.3, 0.4) is 0 Å². The Kier molecular flexibility index (Phi) is 6.16. The normalized spacial score (nSPS) is 15.3. The summed E-state index contributed by atoms with van der Waals surface area (Å²) < 4.78 is 28.7. The van der Waals surface area contributed by atoms with E-state index in [0.717, 1.165) is 31.4 Å². The monoisotopic (exact) mass is 410 g/mol. The molecule has 0 N–H and O–H groups in total. The van der Waals surface area contributed by atoms with Gasteiger partial charge in [-0.3, -0.25) is 4.79 Å². The van der Waals surface area contributed by atoms with Gasteiger partial charge >= 0.3 is 0 Å². The third-order valence-corrected chi connectivity index (χ3v) is 5.37. The molecule has 0 bridgehead atoms. The highest BCUT2D eigenvalue weighted by atomic mass is 19.3. The molecule has 30 heavy (non-hydrogen) atoms. The van der Waals surface area contributed by atoms with Gasteiger partial charge in [0, 0.05) is 24.1 Å². The maximum atomic E-state index is 13.5. The first kappa shape index (κ1) is 20.2. The van der Waals surface area contributed by atoms with Crippen molar-refractivity contribution >= 4 is 5.91 Å². The molecule has 156 valence electrons. The third kappa shape index (κ3) is 4.40. The Hall–Kier alpha value is -3.09. The Bertz CT molecular complexity index is 1000. The van der Waals surface area contributed by atoms with Crippen LogP contribution in [-0.2, 0) is 11.3 Å². The number of hydrogen-bond acceptors (Lipinski definition) is 3. The summed E-state index contributed by atoms with van der Waals surface area (Å²) in [5.41, 5.74) is 0.985. The van der Waals surface area contributed by atoms with Crippen molar-refractivity contribution in [2.75, 3.05) is 6.54 Å². The molecule has 0 unspecified atom stereocenters. The highest BCUT2D eigenvalue weighted by molar-refractivity contribution is 5.76. The zero-order valence-corrected chi connectivity index (χ0v) is 16.7. The minimum absolute atomic E-state index is 0.100. The van der Waals surface area contributed by atoms with Crippen molar-refractivity contribution in [2.24, 2.45) is 0 Å². The summed E-state index contributed by atoms with van der Waals surface area (Å²) in [5.74, 6) is 0.908. The lowest BCUT2D eigenvalue weighted by Crippen LogP contribution is -2.33. The molecule has 1 amide bonds. The van der Waals surface area contributed by atoms with E-state index in [0.29, 0.717) is 30.9 Å². The summed E-state index contributed by atoms with van der Waals surface area (Å²) in [5, 5.41) is 4.56. The fraction of sp³-hybridized carbons (Fsp3) is 0.348. The first-order valence-corrected chi connectivity index (χ1v) is 10.3. The second kappa shape index (κ2) is 9.15. The Morgan fingerprint density at radius 3 is 2.47 bits per heavy atom. The summed E-state index contributed by atoms with van der Waals surface area (Å²) in [4.78, 5) is 19.0. The number of carbonyl (C=O) groups excluding carboxylic acids is 1. The van der Waals surface area contributed by atoms with E-state index in [2.05, 4.69) is 10.1 Å². The van der Waals surface area contributed by atoms with Crippen LogP contribution in [0.15, 0.2) is 54.6 Å². The van der Waals surface area contributed by atoms with Crippen LogP contribution in [0.1, 0.15) is 49.9 Å². The number of para-hydroxylation sites is 1. The number of hydrogen-bond donors (Lipinski definition) is 0. The minimum atomic E-state index is -2.62. The Labute approximate surface area is 174 Å². The second-order valence-electron chi connectivity index (χ2n) is 7.47. The molecule has 0 aliphatic carbocycles. The van der Waals surface area contributed by atoms with E-state index in [1.165, 1.54) is 6.07 Å². The number of alkyl halides is 2. The summed E-state index contributed by atoms with van der Waals surface area (Å²) >= 11 is 0. The number of amides is 1. The summed E-state index contributed by atoms with van der Waals surface area (Å²) in [6.07, 6.45) is 1.93. The van der Waals surface area contributed by atoms with Crippen LogP contribution >= 0.6 is 0 Å². The first-order chi connectivity index (χ1) is 14.6. The van der Waals surface area contributed by atoms with E-state index in [4.69, 9.17) is 0 Å². The topological polar surface area (TPSA) is 51.0 Å². The Morgan fingerprint density at radius 1 is 0.933 bits per heavy atom. The van der Waals surface area contributed by atoms with E-state index in [9.17, 15) is 13.6 Å². The van der Waals surface area contributed by atoms with E-state index in [-0.39, 0.29) is 17.3 Å². The number of likely N-dealkylation sites (tertiary alicyclic amines) is 1. The molecule has 0 saturated carbocycles. The van der Waals surface area contributed by atoms with Crippen LogP contribution in [0.5, 0.6) is 0 Å². The van der Waals surface area contributed by atoms with Gasteiger partial charge in [-0.2, -0.15) is 0 Å². The molecule has 2 aromatic carbocycles. The standard InChI is InChI=1S/C23H24F2N4O/c24-22(25)18-12-7-8-13-19(18)23-26-20(29(27-23)17-10-4-3-5-11-17)16-28-15-9-2-1-6-14-21(28)30/h3-5,7-8,10-13,22H,1-2,6,9,14-16H2. The molecule has 3 aromatic rings. The fourth-order valence-electron chi connectivity index (χ4n) is 3.78. The number of nitrogens with zero attached hydrogens (tertiary/aromatic N) is 4. The molecule has 1 fully saturated rings. The Balaban J connectivity index is 1.75. The highest BCUT2D eigenvalue weighted by Gasteiger charge is 2.23. The maximum Gasteiger partial charge on any atom is 0.264 e. The van der Waals surface area contributed by atoms with E-state index in [1.807, 2.05) is 35.2 Å². The smallest absolute Gasteiger partial charge is 0.264 e. The van der Waals surface area contributed by atoms with E-state index >= 15 is 0 Å². The lowest BCUT2D eigenvalue weighted by molar-refractivity contribution is -0.132. The number of benzene rings is 2. The van der Waals surface area contributed by atoms with Gasteiger partial charge in [0.25, 0.3) is 6.43 Å². The zero-order chi connectivity index (χ0) is 20.9. The van der Waals surface area contributed by atoms with Gasteiger partial charge < -0.3 is 4.90 Å².